The van der Waals surface area contributed by atoms with Gasteiger partial charge in [0.15, 0.2) is 0 Å². The van der Waals surface area contributed by atoms with Crippen LogP contribution in [-0.2, 0) is 13.0 Å². The van der Waals surface area contributed by atoms with E-state index in [9.17, 15) is 4.79 Å². The van der Waals surface area contributed by atoms with E-state index in [0.717, 1.165) is 51.8 Å². The second kappa shape index (κ2) is 10.8. The summed E-state index contributed by atoms with van der Waals surface area (Å²) in [6.07, 6.45) is 7.46. The smallest absolute Gasteiger partial charge is 0.336 e. The molecule has 0 saturated carbocycles. The first kappa shape index (κ1) is 22.6. The molecule has 168 valence electrons. The van der Waals surface area contributed by atoms with Gasteiger partial charge in [0.25, 0.3) is 0 Å². The van der Waals surface area contributed by atoms with Gasteiger partial charge < -0.3 is 9.15 Å². The normalized spacial score (nSPS) is 10.9. The van der Waals surface area contributed by atoms with Gasteiger partial charge in [-0.2, -0.15) is 0 Å². The lowest BCUT2D eigenvalue weighted by Crippen LogP contribution is -2.02. The first-order valence-corrected chi connectivity index (χ1v) is 11.7. The van der Waals surface area contributed by atoms with Crippen LogP contribution >= 0.6 is 0 Å². The first-order valence-electron chi connectivity index (χ1n) is 11.7. The van der Waals surface area contributed by atoms with Crippen molar-refractivity contribution in [2.45, 2.75) is 45.6 Å². The summed E-state index contributed by atoms with van der Waals surface area (Å²) < 4.78 is 11.9. The van der Waals surface area contributed by atoms with Crippen LogP contribution in [0.4, 0.5) is 0 Å². The van der Waals surface area contributed by atoms with Crippen molar-refractivity contribution in [2.75, 3.05) is 0 Å². The van der Waals surface area contributed by atoms with E-state index in [-0.39, 0.29) is 5.63 Å². The zero-order valence-electron chi connectivity index (χ0n) is 19.2. The molecule has 3 nitrogen and oxygen atoms in total. The maximum atomic E-state index is 12.3. The van der Waals surface area contributed by atoms with E-state index in [2.05, 4.69) is 19.6 Å². The number of hydrogen-bond acceptors (Lipinski definition) is 3. The number of rotatable bonds is 10. The molecule has 0 aliphatic carbocycles. The van der Waals surface area contributed by atoms with Crippen molar-refractivity contribution in [2.24, 2.45) is 0 Å². The molecule has 0 unspecified atom stereocenters. The Kier molecular flexibility index (Phi) is 7.41. The van der Waals surface area contributed by atoms with Gasteiger partial charge >= 0.3 is 5.63 Å². The Balaban J connectivity index is 1.71. The molecule has 3 aromatic carbocycles. The van der Waals surface area contributed by atoms with Gasteiger partial charge in [-0.1, -0.05) is 93.4 Å². The fourth-order valence-corrected chi connectivity index (χ4v) is 4.07. The summed E-state index contributed by atoms with van der Waals surface area (Å²) in [4.78, 5) is 12.3. The molecule has 0 fully saturated rings. The molecule has 0 spiro atoms. The fourth-order valence-electron chi connectivity index (χ4n) is 4.07. The Morgan fingerprint density at radius 1 is 0.939 bits per heavy atom. The SMILES string of the molecule is C=Cc1ccc(COc2cc3oc(=O)cc(-c4ccccc4)c3cc2CCCCCC)cc1. The first-order chi connectivity index (χ1) is 16.2. The highest BCUT2D eigenvalue weighted by atomic mass is 16.5. The number of benzene rings is 3. The summed E-state index contributed by atoms with van der Waals surface area (Å²) in [5.74, 6) is 0.778. The van der Waals surface area contributed by atoms with Crippen LogP contribution in [0.1, 0.15) is 49.3 Å². The van der Waals surface area contributed by atoms with Gasteiger partial charge in [-0.15, -0.1) is 0 Å². The van der Waals surface area contributed by atoms with Crippen molar-refractivity contribution in [3.05, 3.63) is 106 Å². The molecular weight excluding hydrogens is 408 g/mol. The lowest BCUT2D eigenvalue weighted by atomic mass is 9.98. The fraction of sp³-hybridized carbons (Fsp3) is 0.233. The van der Waals surface area contributed by atoms with Gasteiger partial charge in [0.1, 0.15) is 17.9 Å². The van der Waals surface area contributed by atoms with Crippen LogP contribution in [-0.4, -0.2) is 0 Å². The van der Waals surface area contributed by atoms with Crippen LogP contribution in [0.2, 0.25) is 0 Å². The van der Waals surface area contributed by atoms with Gasteiger partial charge in [-0.3, -0.25) is 0 Å². The average Bonchev–Trinajstić information content (AvgIpc) is 2.85. The zero-order chi connectivity index (χ0) is 23.0. The number of fused-ring (bicyclic) bond motifs is 1. The number of ether oxygens (including phenoxy) is 1. The lowest BCUT2D eigenvalue weighted by Gasteiger charge is -2.15. The molecule has 0 amide bonds. The Morgan fingerprint density at radius 3 is 2.45 bits per heavy atom. The predicted octanol–water partition coefficient (Wildman–Crippen LogP) is 7.80. The molecule has 33 heavy (non-hydrogen) atoms. The van der Waals surface area contributed by atoms with Crippen molar-refractivity contribution in [1.29, 1.82) is 0 Å². The summed E-state index contributed by atoms with van der Waals surface area (Å²) >= 11 is 0. The topological polar surface area (TPSA) is 39.4 Å². The van der Waals surface area contributed by atoms with Gasteiger partial charge in [-0.05, 0) is 46.7 Å². The molecule has 1 heterocycles. The van der Waals surface area contributed by atoms with E-state index in [0.29, 0.717) is 12.2 Å². The molecule has 3 heteroatoms. The van der Waals surface area contributed by atoms with E-state index in [1.54, 1.807) is 6.07 Å². The molecule has 0 saturated heterocycles. The zero-order valence-corrected chi connectivity index (χ0v) is 19.2. The predicted molar refractivity (Wildman–Crippen MR) is 137 cm³/mol. The molecule has 0 aliphatic heterocycles. The maximum Gasteiger partial charge on any atom is 0.336 e. The molecule has 0 bridgehead atoms. The standard InChI is InChI=1S/C30H30O3/c1-3-5-6-8-13-25-18-27-26(24-11-9-7-10-12-24)19-30(31)33-29(27)20-28(25)32-21-23-16-14-22(4-2)15-17-23/h4,7,9-12,14-20H,2-3,5-6,8,13,21H2,1H3. The van der Waals surface area contributed by atoms with Gasteiger partial charge in [0.05, 0.1) is 0 Å². The third kappa shape index (κ3) is 5.61. The third-order valence-corrected chi connectivity index (χ3v) is 5.92. The number of hydrogen-bond donors (Lipinski definition) is 0. The van der Waals surface area contributed by atoms with Crippen LogP contribution in [0.15, 0.2) is 88.6 Å². The molecule has 0 N–H and O–H groups in total. The Bertz CT molecular complexity index is 1270. The van der Waals surface area contributed by atoms with E-state index in [1.807, 2.05) is 66.7 Å². The highest BCUT2D eigenvalue weighted by Crippen LogP contribution is 2.33. The van der Waals surface area contributed by atoms with Crippen LogP contribution in [0.25, 0.3) is 28.2 Å². The highest BCUT2D eigenvalue weighted by molar-refractivity contribution is 5.94. The van der Waals surface area contributed by atoms with Crippen molar-refractivity contribution in [3.8, 4) is 16.9 Å². The summed E-state index contributed by atoms with van der Waals surface area (Å²) in [6, 6.07) is 23.8. The molecule has 0 radical (unpaired) electrons. The number of unbranched alkanes of at least 4 members (excludes halogenated alkanes) is 3. The van der Waals surface area contributed by atoms with Crippen molar-refractivity contribution < 1.29 is 9.15 Å². The molecule has 4 rings (SSSR count). The van der Waals surface area contributed by atoms with E-state index in [1.165, 1.54) is 19.3 Å². The lowest BCUT2D eigenvalue weighted by molar-refractivity contribution is 0.302. The summed E-state index contributed by atoms with van der Waals surface area (Å²) in [6.45, 7) is 6.48. The molecule has 0 aliphatic rings. The van der Waals surface area contributed by atoms with E-state index >= 15 is 0 Å². The van der Waals surface area contributed by atoms with Gasteiger partial charge in [0, 0.05) is 17.5 Å². The van der Waals surface area contributed by atoms with Crippen molar-refractivity contribution >= 4 is 17.0 Å². The Morgan fingerprint density at radius 2 is 1.73 bits per heavy atom. The van der Waals surface area contributed by atoms with Gasteiger partial charge in [0.2, 0.25) is 0 Å². The molecule has 1 aromatic heterocycles. The monoisotopic (exact) mass is 438 g/mol. The van der Waals surface area contributed by atoms with Crippen LogP contribution in [0.5, 0.6) is 5.75 Å². The summed E-state index contributed by atoms with van der Waals surface area (Å²) in [5, 5.41) is 0.939. The largest absolute Gasteiger partial charge is 0.488 e. The van der Waals surface area contributed by atoms with Crippen LogP contribution in [0.3, 0.4) is 0 Å². The summed E-state index contributed by atoms with van der Waals surface area (Å²) in [7, 11) is 0. The van der Waals surface area contributed by atoms with Crippen LogP contribution < -0.4 is 10.4 Å². The van der Waals surface area contributed by atoms with Crippen LogP contribution in [0, 0.1) is 0 Å². The highest BCUT2D eigenvalue weighted by Gasteiger charge is 2.14. The molecular formula is C30H30O3. The van der Waals surface area contributed by atoms with Crippen molar-refractivity contribution in [3.63, 3.8) is 0 Å². The van der Waals surface area contributed by atoms with E-state index < -0.39 is 0 Å². The molecule has 4 aromatic rings. The van der Waals surface area contributed by atoms with Gasteiger partial charge in [-0.25, -0.2) is 4.79 Å². The Labute approximate surface area is 195 Å². The minimum absolute atomic E-state index is 0.358. The average molecular weight is 439 g/mol. The second-order valence-corrected chi connectivity index (χ2v) is 8.35. The number of aryl methyl sites for hydroxylation is 1. The quantitative estimate of drug-likeness (QED) is 0.187. The molecule has 0 atom stereocenters. The summed E-state index contributed by atoms with van der Waals surface area (Å²) in [5.41, 5.74) is 5.39. The van der Waals surface area contributed by atoms with Crippen molar-refractivity contribution in [1.82, 2.24) is 0 Å². The second-order valence-electron chi connectivity index (χ2n) is 8.35. The Hall–Kier alpha value is -3.59. The minimum Gasteiger partial charge on any atom is -0.488 e. The maximum absolute atomic E-state index is 12.3. The minimum atomic E-state index is -0.358. The van der Waals surface area contributed by atoms with E-state index in [4.69, 9.17) is 9.15 Å². The third-order valence-electron chi connectivity index (χ3n) is 5.92.